The van der Waals surface area contributed by atoms with Gasteiger partial charge in [0, 0.05) is 11.8 Å². The molecule has 0 aliphatic carbocycles. The quantitative estimate of drug-likeness (QED) is 0.427. The zero-order valence-corrected chi connectivity index (χ0v) is 15.6. The summed E-state index contributed by atoms with van der Waals surface area (Å²) >= 11 is 0. The first-order chi connectivity index (χ1) is 11.8. The standard InChI is InChI=1S/C20H36O4/c1-3-5-7-9-17-13-23-20(24-14-17)12-11-18-15-21-19(22-16-18)10-8-6-4-2/h3,5,17-20H,4,6-16H2,1-2H3/t17-,18-,19-,20-. The Morgan fingerprint density at radius 1 is 0.750 bits per heavy atom. The molecule has 2 fully saturated rings. The van der Waals surface area contributed by atoms with Crippen LogP contribution in [0.25, 0.3) is 0 Å². The predicted molar refractivity (Wildman–Crippen MR) is 95.8 cm³/mol. The predicted octanol–water partition coefficient (Wildman–Crippen LogP) is 4.68. The van der Waals surface area contributed by atoms with Crippen molar-refractivity contribution in [2.75, 3.05) is 26.4 Å². The molecule has 0 unspecified atom stereocenters. The molecule has 0 saturated carbocycles. The second-order valence-corrected chi connectivity index (χ2v) is 7.14. The molecule has 4 nitrogen and oxygen atoms in total. The highest BCUT2D eigenvalue weighted by atomic mass is 16.7. The molecular weight excluding hydrogens is 304 g/mol. The van der Waals surface area contributed by atoms with E-state index in [2.05, 4.69) is 26.0 Å². The molecular formula is C20H36O4. The summed E-state index contributed by atoms with van der Waals surface area (Å²) < 4.78 is 23.4. The van der Waals surface area contributed by atoms with E-state index in [1.165, 1.54) is 19.3 Å². The number of unbranched alkanes of at least 4 members (excludes halogenated alkanes) is 2. The van der Waals surface area contributed by atoms with Crippen molar-refractivity contribution in [3.05, 3.63) is 12.2 Å². The van der Waals surface area contributed by atoms with E-state index in [4.69, 9.17) is 18.9 Å². The molecule has 2 rings (SSSR count). The Morgan fingerprint density at radius 3 is 1.92 bits per heavy atom. The third-order valence-corrected chi connectivity index (χ3v) is 4.90. The normalized spacial score (nSPS) is 31.6. The van der Waals surface area contributed by atoms with Gasteiger partial charge in [0.05, 0.1) is 26.4 Å². The number of hydrogen-bond donors (Lipinski definition) is 0. The largest absolute Gasteiger partial charge is 0.352 e. The van der Waals surface area contributed by atoms with Crippen LogP contribution in [0.4, 0.5) is 0 Å². The van der Waals surface area contributed by atoms with E-state index in [1.807, 2.05) is 0 Å². The highest BCUT2D eigenvalue weighted by molar-refractivity contribution is 4.78. The van der Waals surface area contributed by atoms with Crippen LogP contribution in [0, 0.1) is 11.8 Å². The summed E-state index contributed by atoms with van der Waals surface area (Å²) in [4.78, 5) is 0. The van der Waals surface area contributed by atoms with Gasteiger partial charge in [0.25, 0.3) is 0 Å². The van der Waals surface area contributed by atoms with Gasteiger partial charge in [0.2, 0.25) is 0 Å². The lowest BCUT2D eigenvalue weighted by Gasteiger charge is -2.32. The number of hydrogen-bond acceptors (Lipinski definition) is 4. The lowest BCUT2D eigenvalue weighted by atomic mass is 10.0. The fourth-order valence-electron chi connectivity index (χ4n) is 3.26. The lowest BCUT2D eigenvalue weighted by molar-refractivity contribution is -0.219. The molecule has 0 radical (unpaired) electrons. The first kappa shape index (κ1) is 19.9. The first-order valence-corrected chi connectivity index (χ1v) is 9.89. The van der Waals surface area contributed by atoms with Crippen molar-refractivity contribution >= 4 is 0 Å². The molecule has 2 aliphatic rings. The van der Waals surface area contributed by atoms with Gasteiger partial charge < -0.3 is 18.9 Å². The van der Waals surface area contributed by atoms with Gasteiger partial charge in [0.1, 0.15) is 0 Å². The maximum atomic E-state index is 5.87. The van der Waals surface area contributed by atoms with E-state index in [-0.39, 0.29) is 12.6 Å². The minimum atomic E-state index is -0.0368. The summed E-state index contributed by atoms with van der Waals surface area (Å²) in [6.45, 7) is 7.58. The van der Waals surface area contributed by atoms with Gasteiger partial charge in [-0.15, -0.1) is 0 Å². The molecule has 140 valence electrons. The summed E-state index contributed by atoms with van der Waals surface area (Å²) in [7, 11) is 0. The van der Waals surface area contributed by atoms with Crippen LogP contribution >= 0.6 is 0 Å². The van der Waals surface area contributed by atoms with Gasteiger partial charge >= 0.3 is 0 Å². The molecule has 0 atom stereocenters. The topological polar surface area (TPSA) is 36.9 Å². The Bertz CT molecular complexity index is 329. The monoisotopic (exact) mass is 340 g/mol. The Kier molecular flexibility index (Phi) is 9.96. The second-order valence-electron chi connectivity index (χ2n) is 7.14. The summed E-state index contributed by atoms with van der Waals surface area (Å²) in [6, 6.07) is 0. The SMILES string of the molecule is CC=CCC[C@H]1CO[C@H](CC[C@H]2CO[C@H](CCCCC)OC2)OC1. The van der Waals surface area contributed by atoms with Crippen molar-refractivity contribution in [2.24, 2.45) is 11.8 Å². The Morgan fingerprint density at radius 2 is 1.33 bits per heavy atom. The van der Waals surface area contributed by atoms with E-state index < -0.39 is 0 Å². The molecule has 2 heterocycles. The molecule has 2 saturated heterocycles. The van der Waals surface area contributed by atoms with E-state index in [1.54, 1.807) is 0 Å². The fraction of sp³-hybridized carbons (Fsp3) is 0.900. The van der Waals surface area contributed by atoms with E-state index in [9.17, 15) is 0 Å². The molecule has 0 aromatic carbocycles. The van der Waals surface area contributed by atoms with Crippen LogP contribution in [0.1, 0.15) is 65.2 Å². The molecule has 0 N–H and O–H groups in total. The summed E-state index contributed by atoms with van der Waals surface area (Å²) in [6.07, 6.45) is 13.3. The lowest BCUT2D eigenvalue weighted by Crippen LogP contribution is -2.35. The van der Waals surface area contributed by atoms with Gasteiger partial charge in [-0.05, 0) is 45.4 Å². The smallest absolute Gasteiger partial charge is 0.157 e. The van der Waals surface area contributed by atoms with Crippen LogP contribution in [0.15, 0.2) is 12.2 Å². The van der Waals surface area contributed by atoms with Crippen LogP contribution < -0.4 is 0 Å². The zero-order chi connectivity index (χ0) is 17.0. The molecule has 0 aromatic rings. The Balaban J connectivity index is 1.51. The van der Waals surface area contributed by atoms with E-state index in [0.717, 1.165) is 58.5 Å². The van der Waals surface area contributed by atoms with Crippen LogP contribution in [0.2, 0.25) is 0 Å². The second kappa shape index (κ2) is 12.0. The molecule has 0 aromatic heterocycles. The number of allylic oxidation sites excluding steroid dienone is 2. The Labute approximate surface area is 147 Å². The summed E-state index contributed by atoms with van der Waals surface area (Å²) in [5.74, 6) is 1.02. The maximum absolute atomic E-state index is 5.87. The highest BCUT2D eigenvalue weighted by Gasteiger charge is 2.25. The summed E-state index contributed by atoms with van der Waals surface area (Å²) in [5, 5.41) is 0. The highest BCUT2D eigenvalue weighted by Crippen LogP contribution is 2.23. The minimum absolute atomic E-state index is 0.0212. The Hall–Kier alpha value is -0.420. The van der Waals surface area contributed by atoms with Gasteiger partial charge in [-0.25, -0.2) is 0 Å². The summed E-state index contributed by atoms with van der Waals surface area (Å²) in [5.41, 5.74) is 0. The van der Waals surface area contributed by atoms with Crippen molar-refractivity contribution in [2.45, 2.75) is 77.8 Å². The number of ether oxygens (including phenoxy) is 4. The average molecular weight is 341 g/mol. The molecule has 0 bridgehead atoms. The first-order valence-electron chi connectivity index (χ1n) is 9.89. The van der Waals surface area contributed by atoms with Crippen LogP contribution in [0.5, 0.6) is 0 Å². The van der Waals surface area contributed by atoms with Crippen LogP contribution in [-0.4, -0.2) is 39.0 Å². The van der Waals surface area contributed by atoms with E-state index in [0.29, 0.717) is 11.8 Å². The van der Waals surface area contributed by atoms with Crippen molar-refractivity contribution in [3.63, 3.8) is 0 Å². The van der Waals surface area contributed by atoms with Gasteiger partial charge in [-0.1, -0.05) is 31.9 Å². The van der Waals surface area contributed by atoms with Gasteiger partial charge in [0.15, 0.2) is 12.6 Å². The van der Waals surface area contributed by atoms with Crippen molar-refractivity contribution in [3.8, 4) is 0 Å². The van der Waals surface area contributed by atoms with Crippen molar-refractivity contribution in [1.82, 2.24) is 0 Å². The van der Waals surface area contributed by atoms with Crippen molar-refractivity contribution in [1.29, 1.82) is 0 Å². The van der Waals surface area contributed by atoms with Crippen LogP contribution in [-0.2, 0) is 18.9 Å². The van der Waals surface area contributed by atoms with E-state index >= 15 is 0 Å². The molecule has 4 heteroatoms. The maximum Gasteiger partial charge on any atom is 0.157 e. The van der Waals surface area contributed by atoms with Crippen molar-refractivity contribution < 1.29 is 18.9 Å². The third-order valence-electron chi connectivity index (χ3n) is 4.90. The average Bonchev–Trinajstić information content (AvgIpc) is 2.63. The van der Waals surface area contributed by atoms with Gasteiger partial charge in [-0.3, -0.25) is 0 Å². The molecule has 2 aliphatic heterocycles. The molecule has 24 heavy (non-hydrogen) atoms. The fourth-order valence-corrected chi connectivity index (χ4v) is 3.26. The number of rotatable bonds is 10. The molecule has 0 spiro atoms. The minimum Gasteiger partial charge on any atom is -0.352 e. The van der Waals surface area contributed by atoms with Gasteiger partial charge in [-0.2, -0.15) is 0 Å². The third kappa shape index (κ3) is 7.64. The molecule has 0 amide bonds. The zero-order valence-electron chi connectivity index (χ0n) is 15.6. The van der Waals surface area contributed by atoms with Crippen LogP contribution in [0.3, 0.4) is 0 Å².